The Morgan fingerprint density at radius 3 is 2.65 bits per heavy atom. The van der Waals surface area contributed by atoms with E-state index in [0.29, 0.717) is 12.1 Å². The molecule has 1 aromatic carbocycles. The van der Waals surface area contributed by atoms with Crippen molar-refractivity contribution < 1.29 is 9.31 Å². The van der Waals surface area contributed by atoms with E-state index in [1.807, 2.05) is 6.92 Å². The van der Waals surface area contributed by atoms with Crippen LogP contribution in [0.3, 0.4) is 0 Å². The van der Waals surface area contributed by atoms with Crippen LogP contribution in [0.2, 0.25) is 0 Å². The predicted molar refractivity (Wildman–Crippen MR) is 71.3 cm³/mol. The number of hydrogen-bond acceptors (Lipinski definition) is 4. The Labute approximate surface area is 116 Å². The number of rotatable bonds is 3. The van der Waals surface area contributed by atoms with E-state index in [-0.39, 0.29) is 11.1 Å². The largest absolute Gasteiger partial charge is 0.299 e. The summed E-state index contributed by atoms with van der Waals surface area (Å²) in [6, 6.07) is 5.97. The molecule has 1 aromatic rings. The summed E-state index contributed by atoms with van der Waals surface area (Å²) in [6.07, 6.45) is 1.53. The molecule has 0 spiro atoms. The second-order valence-corrected chi connectivity index (χ2v) is 5.52. The van der Waals surface area contributed by atoms with Gasteiger partial charge in [-0.2, -0.15) is 5.26 Å². The SMILES string of the molecule is CC1(C#N)CCN(Cc2cc(F)cc([N+](=O)[O-])c2)CC1. The third-order valence-corrected chi connectivity index (χ3v) is 3.79. The number of nitriles is 1. The smallest absolute Gasteiger partial charge is 0.272 e. The maximum absolute atomic E-state index is 13.4. The van der Waals surface area contributed by atoms with Crippen LogP contribution in [0.4, 0.5) is 10.1 Å². The minimum atomic E-state index is -0.590. The van der Waals surface area contributed by atoms with Gasteiger partial charge in [0.1, 0.15) is 5.82 Å². The summed E-state index contributed by atoms with van der Waals surface area (Å²) >= 11 is 0. The second-order valence-electron chi connectivity index (χ2n) is 5.52. The molecular formula is C14H16FN3O2. The van der Waals surface area contributed by atoms with Gasteiger partial charge in [-0.25, -0.2) is 4.39 Å². The van der Waals surface area contributed by atoms with Crippen LogP contribution in [0, 0.1) is 32.7 Å². The lowest BCUT2D eigenvalue weighted by Gasteiger charge is -2.34. The van der Waals surface area contributed by atoms with Crippen molar-refractivity contribution in [1.82, 2.24) is 4.90 Å². The van der Waals surface area contributed by atoms with Crippen molar-refractivity contribution in [2.75, 3.05) is 13.1 Å². The fraction of sp³-hybridized carbons (Fsp3) is 0.500. The molecule has 1 heterocycles. The standard InChI is InChI=1S/C14H16FN3O2/c1-14(10-16)2-4-17(5-3-14)9-11-6-12(15)8-13(7-11)18(19)20/h6-8H,2-5,9H2,1H3. The van der Waals surface area contributed by atoms with Gasteiger partial charge in [-0.3, -0.25) is 15.0 Å². The lowest BCUT2D eigenvalue weighted by Crippen LogP contribution is -2.37. The van der Waals surface area contributed by atoms with Gasteiger partial charge in [-0.1, -0.05) is 0 Å². The van der Waals surface area contributed by atoms with E-state index in [4.69, 9.17) is 5.26 Å². The van der Waals surface area contributed by atoms with Gasteiger partial charge in [0.15, 0.2) is 0 Å². The zero-order chi connectivity index (χ0) is 14.8. The number of nitro groups is 1. The van der Waals surface area contributed by atoms with Gasteiger partial charge in [0.2, 0.25) is 0 Å². The minimum absolute atomic E-state index is 0.223. The second kappa shape index (κ2) is 5.55. The summed E-state index contributed by atoms with van der Waals surface area (Å²) in [6.45, 7) is 3.90. The molecule has 1 aliphatic rings. The molecule has 0 bridgehead atoms. The first-order chi connectivity index (χ1) is 9.42. The number of halogens is 1. The summed E-state index contributed by atoms with van der Waals surface area (Å²) in [5.41, 5.74) is 0.0842. The Morgan fingerprint density at radius 2 is 2.10 bits per heavy atom. The van der Waals surface area contributed by atoms with E-state index in [2.05, 4.69) is 11.0 Å². The average Bonchev–Trinajstić information content (AvgIpc) is 2.41. The Bertz CT molecular complexity index is 560. The average molecular weight is 277 g/mol. The number of non-ortho nitro benzene ring substituents is 1. The zero-order valence-corrected chi connectivity index (χ0v) is 11.3. The molecule has 0 atom stereocenters. The highest BCUT2D eigenvalue weighted by Crippen LogP contribution is 2.30. The van der Waals surface area contributed by atoms with Crippen LogP contribution in [0.25, 0.3) is 0 Å². The van der Waals surface area contributed by atoms with E-state index in [0.717, 1.165) is 32.0 Å². The van der Waals surface area contributed by atoms with Crippen LogP contribution >= 0.6 is 0 Å². The highest BCUT2D eigenvalue weighted by atomic mass is 19.1. The molecule has 0 unspecified atom stereocenters. The highest BCUT2D eigenvalue weighted by Gasteiger charge is 2.29. The first kappa shape index (κ1) is 14.4. The topological polar surface area (TPSA) is 70.2 Å². The van der Waals surface area contributed by atoms with Gasteiger partial charge in [0.05, 0.1) is 22.5 Å². The summed E-state index contributed by atoms with van der Waals surface area (Å²) in [7, 11) is 0. The van der Waals surface area contributed by atoms with Gasteiger partial charge in [-0.05, 0) is 44.5 Å². The fourth-order valence-electron chi connectivity index (χ4n) is 2.40. The van der Waals surface area contributed by atoms with E-state index in [1.165, 1.54) is 12.1 Å². The van der Waals surface area contributed by atoms with E-state index in [1.54, 1.807) is 0 Å². The summed E-state index contributed by atoms with van der Waals surface area (Å²) in [5.74, 6) is -0.590. The molecule has 0 saturated carbocycles. The zero-order valence-electron chi connectivity index (χ0n) is 11.3. The molecule has 0 aliphatic carbocycles. The highest BCUT2D eigenvalue weighted by molar-refractivity contribution is 5.35. The molecule has 0 radical (unpaired) electrons. The van der Waals surface area contributed by atoms with Crippen molar-refractivity contribution in [3.63, 3.8) is 0 Å². The van der Waals surface area contributed by atoms with Crippen molar-refractivity contribution in [3.8, 4) is 6.07 Å². The predicted octanol–water partition coefficient (Wildman–Crippen LogP) is 2.86. The van der Waals surface area contributed by atoms with Gasteiger partial charge >= 0.3 is 0 Å². The number of nitro benzene ring substituents is 1. The summed E-state index contributed by atoms with van der Waals surface area (Å²) in [5, 5.41) is 19.8. The summed E-state index contributed by atoms with van der Waals surface area (Å²) < 4.78 is 13.4. The van der Waals surface area contributed by atoms with E-state index >= 15 is 0 Å². The quantitative estimate of drug-likeness (QED) is 0.629. The Kier molecular flexibility index (Phi) is 4.00. The lowest BCUT2D eigenvalue weighted by molar-refractivity contribution is -0.385. The van der Waals surface area contributed by atoms with Gasteiger partial charge < -0.3 is 0 Å². The van der Waals surface area contributed by atoms with Crippen LogP contribution in [0.1, 0.15) is 25.3 Å². The molecule has 2 rings (SSSR count). The Morgan fingerprint density at radius 1 is 1.45 bits per heavy atom. The molecule has 1 aliphatic heterocycles. The monoisotopic (exact) mass is 277 g/mol. The molecule has 1 fully saturated rings. The number of nitrogens with zero attached hydrogens (tertiary/aromatic N) is 3. The van der Waals surface area contributed by atoms with Crippen molar-refractivity contribution in [3.05, 3.63) is 39.7 Å². The maximum Gasteiger partial charge on any atom is 0.272 e. The van der Waals surface area contributed by atoms with Crippen molar-refractivity contribution in [2.24, 2.45) is 5.41 Å². The third kappa shape index (κ3) is 3.31. The number of likely N-dealkylation sites (tertiary alicyclic amines) is 1. The van der Waals surface area contributed by atoms with Crippen LogP contribution in [-0.4, -0.2) is 22.9 Å². The van der Waals surface area contributed by atoms with E-state index < -0.39 is 10.7 Å². The minimum Gasteiger partial charge on any atom is -0.299 e. The third-order valence-electron chi connectivity index (χ3n) is 3.79. The first-order valence-electron chi connectivity index (χ1n) is 6.49. The molecule has 5 nitrogen and oxygen atoms in total. The summed E-state index contributed by atoms with van der Waals surface area (Å²) in [4.78, 5) is 12.2. The van der Waals surface area contributed by atoms with Crippen LogP contribution in [0.5, 0.6) is 0 Å². The molecule has 0 N–H and O–H groups in total. The van der Waals surface area contributed by atoms with Crippen molar-refractivity contribution in [1.29, 1.82) is 5.26 Å². The fourth-order valence-corrected chi connectivity index (χ4v) is 2.40. The number of hydrogen-bond donors (Lipinski definition) is 0. The Balaban J connectivity index is 2.05. The van der Waals surface area contributed by atoms with E-state index in [9.17, 15) is 14.5 Å². The van der Waals surface area contributed by atoms with Gasteiger partial charge in [0, 0.05) is 12.6 Å². The molecule has 0 amide bonds. The van der Waals surface area contributed by atoms with Crippen molar-refractivity contribution in [2.45, 2.75) is 26.3 Å². The number of benzene rings is 1. The van der Waals surface area contributed by atoms with Gasteiger partial charge in [0.25, 0.3) is 5.69 Å². The van der Waals surface area contributed by atoms with Crippen LogP contribution < -0.4 is 0 Å². The molecule has 1 saturated heterocycles. The lowest BCUT2D eigenvalue weighted by atomic mass is 9.82. The molecule has 0 aromatic heterocycles. The maximum atomic E-state index is 13.4. The normalized spacial score (nSPS) is 18.4. The van der Waals surface area contributed by atoms with Crippen LogP contribution in [0.15, 0.2) is 18.2 Å². The molecule has 6 heteroatoms. The first-order valence-corrected chi connectivity index (χ1v) is 6.49. The molecular weight excluding hydrogens is 261 g/mol. The van der Waals surface area contributed by atoms with Crippen molar-refractivity contribution >= 4 is 5.69 Å². The number of piperidine rings is 1. The van der Waals surface area contributed by atoms with Crippen LogP contribution in [-0.2, 0) is 6.54 Å². The molecule has 20 heavy (non-hydrogen) atoms. The molecule has 106 valence electrons. The van der Waals surface area contributed by atoms with Gasteiger partial charge in [-0.15, -0.1) is 0 Å². The Hall–Kier alpha value is -2.00.